The van der Waals surface area contributed by atoms with Crippen LogP contribution in [0.5, 0.6) is 0 Å². The van der Waals surface area contributed by atoms with Crippen LogP contribution in [0.1, 0.15) is 11.6 Å². The van der Waals surface area contributed by atoms with E-state index < -0.39 is 0 Å². The second-order valence-electron chi connectivity index (χ2n) is 4.74. The van der Waals surface area contributed by atoms with E-state index in [0.717, 1.165) is 15.7 Å². The molecule has 1 aliphatic heterocycles. The number of aliphatic imine (C=N–C) groups is 1. The minimum atomic E-state index is -0.0140. The fourth-order valence-corrected chi connectivity index (χ4v) is 3.48. The Bertz CT molecular complexity index is 698. The van der Waals surface area contributed by atoms with Gasteiger partial charge in [0.05, 0.1) is 18.3 Å². The normalized spacial score (nSPS) is 18.0. The minimum Gasteiger partial charge on any atom is -0.369 e. The lowest BCUT2D eigenvalue weighted by atomic mass is 10.1. The molecule has 0 amide bonds. The first-order valence-electron chi connectivity index (χ1n) is 6.36. The van der Waals surface area contributed by atoms with Gasteiger partial charge in [-0.3, -0.25) is 4.99 Å². The van der Waals surface area contributed by atoms with Gasteiger partial charge < -0.3 is 10.6 Å². The van der Waals surface area contributed by atoms with Gasteiger partial charge in [0.15, 0.2) is 5.96 Å². The SMILES string of the molecule is NC1=NCC(c2cc(Cl)cc(Cl)c2)N1c1ccccc1Br. The number of halogens is 3. The molecule has 3 nitrogen and oxygen atoms in total. The number of para-hydroxylation sites is 1. The monoisotopic (exact) mass is 383 g/mol. The molecular weight excluding hydrogens is 373 g/mol. The summed E-state index contributed by atoms with van der Waals surface area (Å²) in [5.74, 6) is 0.489. The van der Waals surface area contributed by atoms with Crippen molar-refractivity contribution in [2.45, 2.75) is 6.04 Å². The van der Waals surface area contributed by atoms with Crippen molar-refractivity contribution >= 4 is 50.8 Å². The van der Waals surface area contributed by atoms with E-state index in [2.05, 4.69) is 20.9 Å². The van der Waals surface area contributed by atoms with Crippen molar-refractivity contribution in [2.75, 3.05) is 11.4 Å². The molecule has 0 spiro atoms. The minimum absolute atomic E-state index is 0.0140. The zero-order valence-electron chi connectivity index (χ0n) is 10.9. The van der Waals surface area contributed by atoms with E-state index >= 15 is 0 Å². The van der Waals surface area contributed by atoms with Crippen LogP contribution in [0, 0.1) is 0 Å². The predicted octanol–water partition coefficient (Wildman–Crippen LogP) is 4.63. The van der Waals surface area contributed by atoms with Crippen LogP contribution in [0.2, 0.25) is 10.0 Å². The maximum atomic E-state index is 6.11. The predicted molar refractivity (Wildman–Crippen MR) is 92.3 cm³/mol. The van der Waals surface area contributed by atoms with Crippen LogP contribution in [0.3, 0.4) is 0 Å². The van der Waals surface area contributed by atoms with Crippen molar-refractivity contribution in [1.82, 2.24) is 0 Å². The third kappa shape index (κ3) is 2.89. The second kappa shape index (κ2) is 5.87. The fourth-order valence-electron chi connectivity index (χ4n) is 2.46. The maximum Gasteiger partial charge on any atom is 0.196 e. The molecule has 1 aliphatic rings. The van der Waals surface area contributed by atoms with Gasteiger partial charge in [-0.15, -0.1) is 0 Å². The van der Waals surface area contributed by atoms with E-state index in [1.54, 1.807) is 6.07 Å². The number of nitrogens with two attached hydrogens (primary N) is 1. The molecule has 2 N–H and O–H groups in total. The molecule has 1 atom stereocenters. The molecule has 0 bridgehead atoms. The summed E-state index contributed by atoms with van der Waals surface area (Å²) in [6, 6.07) is 13.4. The number of hydrogen-bond donors (Lipinski definition) is 1. The summed E-state index contributed by atoms with van der Waals surface area (Å²) in [6.45, 7) is 0.573. The highest BCUT2D eigenvalue weighted by atomic mass is 79.9. The van der Waals surface area contributed by atoms with Gasteiger partial charge in [-0.2, -0.15) is 0 Å². The Balaban J connectivity index is 2.05. The van der Waals surface area contributed by atoms with Crippen molar-refractivity contribution in [3.63, 3.8) is 0 Å². The lowest BCUT2D eigenvalue weighted by molar-refractivity contribution is 0.768. The highest BCUT2D eigenvalue weighted by Gasteiger charge is 2.30. The molecular formula is C15H12BrCl2N3. The molecule has 0 aliphatic carbocycles. The third-order valence-corrected chi connectivity index (χ3v) is 4.47. The van der Waals surface area contributed by atoms with Gasteiger partial charge in [-0.1, -0.05) is 35.3 Å². The van der Waals surface area contributed by atoms with Gasteiger partial charge in [0.1, 0.15) is 0 Å². The van der Waals surface area contributed by atoms with Crippen molar-refractivity contribution in [3.8, 4) is 0 Å². The lowest BCUT2D eigenvalue weighted by Gasteiger charge is -2.27. The molecule has 0 aromatic heterocycles. The van der Waals surface area contributed by atoms with Gasteiger partial charge in [-0.05, 0) is 51.8 Å². The molecule has 0 saturated heterocycles. The van der Waals surface area contributed by atoms with Gasteiger partial charge >= 0.3 is 0 Å². The summed E-state index contributed by atoms with van der Waals surface area (Å²) in [4.78, 5) is 6.36. The Morgan fingerprint density at radius 2 is 1.81 bits per heavy atom. The molecule has 1 unspecified atom stereocenters. The Morgan fingerprint density at radius 1 is 1.14 bits per heavy atom. The zero-order valence-corrected chi connectivity index (χ0v) is 14.0. The van der Waals surface area contributed by atoms with Crippen LogP contribution in [-0.2, 0) is 0 Å². The average Bonchev–Trinajstić information content (AvgIpc) is 2.80. The summed E-state index contributed by atoms with van der Waals surface area (Å²) < 4.78 is 0.961. The number of nitrogens with zero attached hydrogens (tertiary/aromatic N) is 2. The van der Waals surface area contributed by atoms with E-state index in [0.29, 0.717) is 22.5 Å². The molecule has 0 fully saturated rings. The average molecular weight is 385 g/mol. The van der Waals surface area contributed by atoms with Crippen molar-refractivity contribution in [1.29, 1.82) is 0 Å². The van der Waals surface area contributed by atoms with Crippen LogP contribution in [0.15, 0.2) is 51.9 Å². The number of benzene rings is 2. The Hall–Kier alpha value is -1.23. The summed E-state index contributed by atoms with van der Waals surface area (Å²) in [6.07, 6.45) is 0. The quantitative estimate of drug-likeness (QED) is 0.819. The molecule has 21 heavy (non-hydrogen) atoms. The maximum absolute atomic E-state index is 6.11. The van der Waals surface area contributed by atoms with E-state index in [-0.39, 0.29) is 6.04 Å². The zero-order chi connectivity index (χ0) is 15.0. The Kier molecular flexibility index (Phi) is 4.11. The van der Waals surface area contributed by atoms with Gasteiger partial charge in [0.25, 0.3) is 0 Å². The topological polar surface area (TPSA) is 41.6 Å². The Labute approximate surface area is 141 Å². The first kappa shape index (κ1) is 14.7. The standard InChI is InChI=1S/C15H12BrCl2N3/c16-12-3-1-2-4-13(12)21-14(8-20-15(21)19)9-5-10(17)7-11(18)6-9/h1-7,14H,8H2,(H2,19,20). The summed E-state index contributed by atoms with van der Waals surface area (Å²) in [5.41, 5.74) is 8.04. The highest BCUT2D eigenvalue weighted by Crippen LogP contribution is 2.36. The molecule has 108 valence electrons. The number of anilines is 1. The molecule has 2 aromatic rings. The van der Waals surface area contributed by atoms with Crippen LogP contribution in [0.4, 0.5) is 5.69 Å². The van der Waals surface area contributed by atoms with Crippen molar-refractivity contribution in [2.24, 2.45) is 10.7 Å². The first-order chi connectivity index (χ1) is 10.1. The van der Waals surface area contributed by atoms with Gasteiger partial charge in [-0.25, -0.2) is 0 Å². The van der Waals surface area contributed by atoms with Crippen LogP contribution < -0.4 is 10.6 Å². The molecule has 1 heterocycles. The van der Waals surface area contributed by atoms with E-state index in [9.17, 15) is 0 Å². The second-order valence-corrected chi connectivity index (χ2v) is 6.47. The first-order valence-corrected chi connectivity index (χ1v) is 7.91. The number of guanidine groups is 1. The van der Waals surface area contributed by atoms with Crippen LogP contribution in [-0.4, -0.2) is 12.5 Å². The highest BCUT2D eigenvalue weighted by molar-refractivity contribution is 9.10. The number of hydrogen-bond acceptors (Lipinski definition) is 3. The summed E-state index contributed by atoms with van der Waals surface area (Å²) >= 11 is 15.8. The van der Waals surface area contributed by atoms with Crippen molar-refractivity contribution in [3.05, 3.63) is 62.5 Å². The molecule has 0 saturated carbocycles. The molecule has 3 rings (SSSR count). The smallest absolute Gasteiger partial charge is 0.196 e. The van der Waals surface area contributed by atoms with E-state index in [1.807, 2.05) is 41.3 Å². The van der Waals surface area contributed by atoms with Crippen molar-refractivity contribution < 1.29 is 0 Å². The summed E-state index contributed by atoms with van der Waals surface area (Å²) in [7, 11) is 0. The summed E-state index contributed by atoms with van der Waals surface area (Å²) in [5, 5.41) is 1.21. The van der Waals surface area contributed by atoms with E-state index in [4.69, 9.17) is 28.9 Å². The molecule has 2 aromatic carbocycles. The molecule has 6 heteroatoms. The van der Waals surface area contributed by atoms with Crippen LogP contribution >= 0.6 is 39.1 Å². The Morgan fingerprint density at radius 3 is 2.48 bits per heavy atom. The third-order valence-electron chi connectivity index (χ3n) is 3.37. The van der Waals surface area contributed by atoms with Gasteiger partial charge in [0.2, 0.25) is 0 Å². The largest absolute Gasteiger partial charge is 0.369 e. The van der Waals surface area contributed by atoms with Gasteiger partial charge in [0, 0.05) is 14.5 Å². The number of rotatable bonds is 2. The lowest BCUT2D eigenvalue weighted by Crippen LogP contribution is -2.36. The van der Waals surface area contributed by atoms with E-state index in [1.165, 1.54) is 0 Å². The van der Waals surface area contributed by atoms with Crippen LogP contribution in [0.25, 0.3) is 0 Å². The molecule has 0 radical (unpaired) electrons. The fraction of sp³-hybridized carbons (Fsp3) is 0.133.